The lowest BCUT2D eigenvalue weighted by atomic mass is 10.0. The summed E-state index contributed by atoms with van der Waals surface area (Å²) < 4.78 is 22.6. The van der Waals surface area contributed by atoms with Crippen molar-refractivity contribution in [2.24, 2.45) is 0 Å². The van der Waals surface area contributed by atoms with E-state index in [1.807, 2.05) is 21.1 Å². The second-order valence-electron chi connectivity index (χ2n) is 19.5. The minimum Gasteiger partial charge on any atom is -0.545 e. The van der Waals surface area contributed by atoms with Crippen molar-refractivity contribution < 1.29 is 42.9 Å². The number of nitrogens with zero attached hydrogens (tertiary/aromatic N) is 1. The van der Waals surface area contributed by atoms with Crippen LogP contribution < -0.4 is 5.11 Å². The zero-order valence-electron chi connectivity index (χ0n) is 44.5. The van der Waals surface area contributed by atoms with Crippen LogP contribution in [-0.4, -0.2) is 82.3 Å². The molecule has 0 aromatic carbocycles. The molecule has 392 valence electrons. The number of carboxylic acids is 1. The van der Waals surface area contributed by atoms with Gasteiger partial charge in [0.2, 0.25) is 0 Å². The van der Waals surface area contributed by atoms with Gasteiger partial charge in [-0.2, -0.15) is 0 Å². The Morgan fingerprint density at radius 3 is 1.25 bits per heavy atom. The van der Waals surface area contributed by atoms with Gasteiger partial charge in [-0.25, -0.2) is 0 Å². The van der Waals surface area contributed by atoms with Crippen LogP contribution in [0, 0.1) is 0 Å². The number of rotatable bonds is 50. The molecule has 0 radical (unpaired) electrons. The lowest BCUT2D eigenvalue weighted by Gasteiger charge is -2.26. The molecule has 0 aliphatic heterocycles. The number of hydrogen-bond acceptors (Lipinski definition) is 8. The number of quaternary nitrogens is 1. The van der Waals surface area contributed by atoms with Crippen LogP contribution in [0.1, 0.15) is 226 Å². The minimum atomic E-state index is -1.62. The van der Waals surface area contributed by atoms with E-state index >= 15 is 0 Å². The Labute approximate surface area is 417 Å². The maximum Gasteiger partial charge on any atom is 0.306 e. The van der Waals surface area contributed by atoms with E-state index in [4.69, 9.17) is 18.9 Å². The Hall–Kier alpha value is -3.27. The summed E-state index contributed by atoms with van der Waals surface area (Å²) in [5, 5.41) is 11.7. The molecule has 0 N–H and O–H groups in total. The minimum absolute atomic E-state index is 0.147. The number of aliphatic carboxylic acids is 1. The highest BCUT2D eigenvalue weighted by Crippen LogP contribution is 2.16. The molecule has 0 heterocycles. The van der Waals surface area contributed by atoms with Crippen molar-refractivity contribution in [1.82, 2.24) is 0 Å². The molecule has 9 nitrogen and oxygen atoms in total. The molecule has 0 saturated heterocycles. The Kier molecular flexibility index (Phi) is 47.7. The molecule has 0 aliphatic rings. The van der Waals surface area contributed by atoms with Gasteiger partial charge in [-0.05, 0) is 64.2 Å². The van der Waals surface area contributed by atoms with Gasteiger partial charge in [-0.15, -0.1) is 0 Å². The summed E-state index contributed by atoms with van der Waals surface area (Å²) in [6.45, 7) is 4.62. The van der Waals surface area contributed by atoms with Gasteiger partial charge < -0.3 is 33.3 Å². The Morgan fingerprint density at radius 1 is 0.456 bits per heavy atom. The first kappa shape index (κ1) is 64.7. The number of hydrogen-bond donors (Lipinski definition) is 0. The number of ether oxygens (including phenoxy) is 4. The van der Waals surface area contributed by atoms with Gasteiger partial charge in [-0.3, -0.25) is 9.59 Å². The first-order valence-electron chi connectivity index (χ1n) is 27.6. The molecule has 0 amide bonds. The van der Waals surface area contributed by atoms with E-state index in [0.717, 1.165) is 77.0 Å². The number of allylic oxidation sites excluding steroid dienone is 12. The van der Waals surface area contributed by atoms with Crippen molar-refractivity contribution in [1.29, 1.82) is 0 Å². The topological polar surface area (TPSA) is 111 Å². The van der Waals surface area contributed by atoms with Crippen LogP contribution >= 0.6 is 0 Å². The third-order valence-electron chi connectivity index (χ3n) is 11.7. The summed E-state index contributed by atoms with van der Waals surface area (Å²) in [6, 6.07) is 0. The van der Waals surface area contributed by atoms with Gasteiger partial charge in [0.05, 0.1) is 40.3 Å². The molecule has 68 heavy (non-hydrogen) atoms. The molecule has 0 aromatic rings. The zero-order chi connectivity index (χ0) is 49.9. The molecule has 2 atom stereocenters. The lowest BCUT2D eigenvalue weighted by molar-refractivity contribution is -0.870. The van der Waals surface area contributed by atoms with Crippen molar-refractivity contribution in [3.05, 3.63) is 72.9 Å². The quantitative estimate of drug-likeness (QED) is 0.0195. The van der Waals surface area contributed by atoms with E-state index in [2.05, 4.69) is 86.8 Å². The number of esters is 2. The Balaban J connectivity index is 4.09. The number of carbonyl (C=O) groups is 3. The number of carboxylic acid groups (broad SMARTS) is 1. The van der Waals surface area contributed by atoms with Gasteiger partial charge in [0.1, 0.15) is 13.2 Å². The number of carbonyl (C=O) groups excluding carboxylic acids is 3. The fourth-order valence-corrected chi connectivity index (χ4v) is 7.48. The highest BCUT2D eigenvalue weighted by molar-refractivity contribution is 5.70. The number of likely N-dealkylation sites (N-methyl/N-ethyl adjacent to an activating group) is 1. The van der Waals surface area contributed by atoms with Crippen LogP contribution in [0.15, 0.2) is 72.9 Å². The smallest absolute Gasteiger partial charge is 0.306 e. The van der Waals surface area contributed by atoms with Crippen molar-refractivity contribution in [3.8, 4) is 0 Å². The van der Waals surface area contributed by atoms with Crippen LogP contribution in [0.2, 0.25) is 0 Å². The summed E-state index contributed by atoms with van der Waals surface area (Å²) in [6.07, 6.45) is 61.0. The van der Waals surface area contributed by atoms with E-state index < -0.39 is 24.3 Å². The monoisotopic (exact) mass is 954 g/mol. The summed E-state index contributed by atoms with van der Waals surface area (Å²) in [4.78, 5) is 37.1. The molecule has 0 aliphatic carbocycles. The first-order valence-corrected chi connectivity index (χ1v) is 27.6. The molecule has 0 rings (SSSR count). The maximum absolute atomic E-state index is 12.8. The van der Waals surface area contributed by atoms with E-state index in [-0.39, 0.29) is 32.2 Å². The molecular formula is C59H103NO8. The molecular weight excluding hydrogens is 851 g/mol. The fourth-order valence-electron chi connectivity index (χ4n) is 7.48. The predicted octanol–water partition coefficient (Wildman–Crippen LogP) is 14.5. The summed E-state index contributed by atoms with van der Waals surface area (Å²) >= 11 is 0. The molecule has 0 saturated carbocycles. The van der Waals surface area contributed by atoms with Crippen LogP contribution in [0.5, 0.6) is 0 Å². The van der Waals surface area contributed by atoms with Crippen LogP contribution in [0.25, 0.3) is 0 Å². The molecule has 0 fully saturated rings. The normalized spacial score (nSPS) is 13.4. The van der Waals surface area contributed by atoms with Gasteiger partial charge in [0.25, 0.3) is 0 Å². The molecule has 2 unspecified atom stereocenters. The van der Waals surface area contributed by atoms with Gasteiger partial charge in [-0.1, -0.05) is 222 Å². The average Bonchev–Trinajstić information content (AvgIpc) is 3.30. The first-order chi connectivity index (χ1) is 33.1. The Bertz CT molecular complexity index is 1340. The van der Waals surface area contributed by atoms with Crippen molar-refractivity contribution in [2.45, 2.75) is 238 Å². The average molecular weight is 954 g/mol. The molecule has 0 aromatic heterocycles. The highest BCUT2D eigenvalue weighted by Gasteiger charge is 2.22. The van der Waals surface area contributed by atoms with E-state index in [1.165, 1.54) is 116 Å². The van der Waals surface area contributed by atoms with Gasteiger partial charge >= 0.3 is 11.9 Å². The fraction of sp³-hybridized carbons (Fsp3) is 0.746. The summed E-state index contributed by atoms with van der Waals surface area (Å²) in [5.41, 5.74) is 0. The second kappa shape index (κ2) is 50.1. The largest absolute Gasteiger partial charge is 0.545 e. The van der Waals surface area contributed by atoms with E-state index in [9.17, 15) is 19.5 Å². The van der Waals surface area contributed by atoms with Gasteiger partial charge in [0, 0.05) is 12.8 Å². The zero-order valence-corrected chi connectivity index (χ0v) is 44.5. The van der Waals surface area contributed by atoms with Crippen molar-refractivity contribution in [2.75, 3.05) is 47.5 Å². The Morgan fingerprint density at radius 2 is 0.838 bits per heavy atom. The maximum atomic E-state index is 12.8. The molecule has 9 heteroatoms. The predicted molar refractivity (Wildman–Crippen MR) is 283 cm³/mol. The summed E-state index contributed by atoms with van der Waals surface area (Å²) in [5.74, 6) is -2.28. The van der Waals surface area contributed by atoms with Crippen molar-refractivity contribution in [3.63, 3.8) is 0 Å². The molecule has 0 spiro atoms. The molecule has 0 bridgehead atoms. The SMILES string of the molecule is CC/C=C\C/C=C\C/C=C\C/C=C\C/C=C\C/C=C\CCCCCCCCCCCCCCCCC(=O)OC(COC(=O)CCCCCCCCCCCC)COC(OCC[N+](C)(C)C)C(=O)[O-]. The summed E-state index contributed by atoms with van der Waals surface area (Å²) in [7, 11) is 5.91. The third kappa shape index (κ3) is 50.6. The van der Waals surface area contributed by atoms with Crippen LogP contribution in [-0.2, 0) is 33.3 Å². The second-order valence-corrected chi connectivity index (χ2v) is 19.5. The van der Waals surface area contributed by atoms with Crippen LogP contribution in [0.3, 0.4) is 0 Å². The standard InChI is InChI=1S/C59H103NO8/c1-6-8-10-12-14-16-18-19-20-21-22-23-24-25-26-27-28-29-30-31-32-33-34-35-36-37-38-39-40-42-44-46-48-50-57(62)68-55(54-67-59(58(63)64)65-52-51-60(3,4)5)53-66-56(61)49-47-45-43-41-17-15-13-11-9-7-2/h8,10,14,16,19-20,22-23,25-26,28-29,55,59H,6-7,9,11-13,15,17-18,21,24,27,30-54H2,1-5H3/b10-8-,16-14-,20-19-,23-22-,26-25-,29-28-. The van der Waals surface area contributed by atoms with Crippen molar-refractivity contribution >= 4 is 17.9 Å². The third-order valence-corrected chi connectivity index (χ3v) is 11.7. The highest BCUT2D eigenvalue weighted by atomic mass is 16.7. The lowest BCUT2D eigenvalue weighted by Crippen LogP contribution is -2.44. The van der Waals surface area contributed by atoms with E-state index in [1.54, 1.807) is 0 Å². The van der Waals surface area contributed by atoms with Crippen LogP contribution in [0.4, 0.5) is 0 Å². The number of unbranched alkanes of at least 4 members (excludes halogenated alkanes) is 23. The van der Waals surface area contributed by atoms with Gasteiger partial charge in [0.15, 0.2) is 12.4 Å². The van der Waals surface area contributed by atoms with E-state index in [0.29, 0.717) is 23.9 Å².